The van der Waals surface area contributed by atoms with Crippen molar-refractivity contribution in [2.45, 2.75) is 45.5 Å². The second kappa shape index (κ2) is 15.5. The van der Waals surface area contributed by atoms with Crippen LogP contribution >= 0.6 is 23.2 Å². The largest absolute Gasteiger partial charge is 0.509 e. The number of alkyl halides is 2. The highest BCUT2D eigenvalue weighted by Gasteiger charge is 2.26. The average molecular weight is 613 g/mol. The molecule has 222 valence electrons. The van der Waals surface area contributed by atoms with Gasteiger partial charge < -0.3 is 28.4 Å². The summed E-state index contributed by atoms with van der Waals surface area (Å²) in [7, 11) is 3.01. The van der Waals surface area contributed by atoms with Crippen LogP contribution in [0, 0.1) is 5.92 Å². The lowest BCUT2D eigenvalue weighted by molar-refractivity contribution is -0.0515. The summed E-state index contributed by atoms with van der Waals surface area (Å²) in [5.41, 5.74) is 1.51. The molecule has 2 aromatic carbocycles. The molecule has 1 atom stereocenters. The predicted octanol–water partition coefficient (Wildman–Crippen LogP) is 8.70. The molecule has 0 unspecified atom stereocenters. The Labute approximate surface area is 248 Å². The number of ether oxygens (including phenoxy) is 6. The van der Waals surface area contributed by atoms with E-state index in [-0.39, 0.29) is 29.6 Å². The molecule has 1 fully saturated rings. The SMILES string of the molecule is C=C/C(Cl)=C(C[C@H](OC(=O)OCc1ccc(OC)c(OC)c1)c1ccc(OC(F)F)c(OCC2CC2)c1)\C(Cl)=C/C. The van der Waals surface area contributed by atoms with E-state index in [0.29, 0.717) is 45.8 Å². The third kappa shape index (κ3) is 9.57. The van der Waals surface area contributed by atoms with Gasteiger partial charge in [0.05, 0.1) is 20.8 Å². The Bertz CT molecular complexity index is 1280. The number of carbonyl (C=O) groups is 1. The first-order valence-corrected chi connectivity index (χ1v) is 13.5. The van der Waals surface area contributed by atoms with Crippen LogP contribution < -0.4 is 18.9 Å². The van der Waals surface area contributed by atoms with E-state index in [1.165, 1.54) is 38.5 Å². The van der Waals surface area contributed by atoms with Crippen molar-refractivity contribution in [1.82, 2.24) is 0 Å². The van der Waals surface area contributed by atoms with Gasteiger partial charge in [-0.25, -0.2) is 4.79 Å². The van der Waals surface area contributed by atoms with Gasteiger partial charge in [-0.05, 0) is 66.6 Å². The van der Waals surface area contributed by atoms with Crippen LogP contribution in [0.5, 0.6) is 23.0 Å². The van der Waals surface area contributed by atoms with Crippen molar-refractivity contribution in [2.75, 3.05) is 20.8 Å². The highest BCUT2D eigenvalue weighted by atomic mass is 35.5. The molecule has 0 heterocycles. The number of hydrogen-bond acceptors (Lipinski definition) is 7. The lowest BCUT2D eigenvalue weighted by Gasteiger charge is -2.22. The summed E-state index contributed by atoms with van der Waals surface area (Å²) in [6, 6.07) is 9.40. The maximum Gasteiger partial charge on any atom is 0.509 e. The van der Waals surface area contributed by atoms with E-state index in [9.17, 15) is 13.6 Å². The van der Waals surface area contributed by atoms with E-state index < -0.39 is 18.9 Å². The van der Waals surface area contributed by atoms with Crippen molar-refractivity contribution in [1.29, 1.82) is 0 Å². The average Bonchev–Trinajstić information content (AvgIpc) is 3.81. The summed E-state index contributed by atoms with van der Waals surface area (Å²) in [5.74, 6) is 1.31. The molecule has 0 saturated heterocycles. The van der Waals surface area contributed by atoms with Crippen LogP contribution in [0.4, 0.5) is 13.6 Å². The van der Waals surface area contributed by atoms with E-state index in [4.69, 9.17) is 46.9 Å². The zero-order chi connectivity index (χ0) is 29.9. The highest BCUT2D eigenvalue weighted by molar-refractivity contribution is 6.36. The molecule has 7 nitrogen and oxygen atoms in total. The first-order chi connectivity index (χ1) is 19.7. The van der Waals surface area contributed by atoms with Crippen molar-refractivity contribution in [3.63, 3.8) is 0 Å². The predicted molar refractivity (Wildman–Crippen MR) is 152 cm³/mol. The van der Waals surface area contributed by atoms with Crippen LogP contribution in [0.25, 0.3) is 0 Å². The lowest BCUT2D eigenvalue weighted by Crippen LogP contribution is -2.15. The van der Waals surface area contributed by atoms with Gasteiger partial charge in [0, 0.05) is 16.5 Å². The third-order valence-corrected chi connectivity index (χ3v) is 7.00. The monoisotopic (exact) mass is 612 g/mol. The van der Waals surface area contributed by atoms with Crippen LogP contribution in [0.1, 0.15) is 43.4 Å². The zero-order valence-corrected chi connectivity index (χ0v) is 24.5. The topological polar surface area (TPSA) is 72.5 Å². The maximum atomic E-state index is 13.1. The lowest BCUT2D eigenvalue weighted by atomic mass is 9.99. The molecule has 1 aliphatic rings. The normalized spacial score (nSPS) is 14.6. The van der Waals surface area contributed by atoms with Crippen molar-refractivity contribution in [2.24, 2.45) is 5.92 Å². The quantitative estimate of drug-likeness (QED) is 0.147. The second-order valence-corrected chi connectivity index (χ2v) is 9.86. The van der Waals surface area contributed by atoms with E-state index in [1.54, 1.807) is 31.2 Å². The zero-order valence-electron chi connectivity index (χ0n) is 23.0. The van der Waals surface area contributed by atoms with E-state index in [1.807, 2.05) is 0 Å². The molecule has 0 radical (unpaired) electrons. The summed E-state index contributed by atoms with van der Waals surface area (Å²) in [6.07, 6.45) is 3.10. The fourth-order valence-corrected chi connectivity index (χ4v) is 4.21. The fourth-order valence-electron chi connectivity index (χ4n) is 3.81. The molecule has 0 bridgehead atoms. The molecule has 11 heteroatoms. The third-order valence-electron chi connectivity index (χ3n) is 6.17. The van der Waals surface area contributed by atoms with Crippen molar-refractivity contribution in [3.05, 3.63) is 81.9 Å². The molecule has 3 rings (SSSR count). The minimum Gasteiger partial charge on any atom is -0.493 e. The molecule has 2 aromatic rings. The molecule has 0 N–H and O–H groups in total. The molecule has 0 aromatic heterocycles. The summed E-state index contributed by atoms with van der Waals surface area (Å²) in [6.45, 7) is 2.61. The number of carbonyl (C=O) groups excluding carboxylic acids is 1. The number of benzene rings is 2. The van der Waals surface area contributed by atoms with Gasteiger partial charge in [-0.2, -0.15) is 8.78 Å². The van der Waals surface area contributed by atoms with Crippen molar-refractivity contribution < 1.29 is 42.0 Å². The summed E-state index contributed by atoms with van der Waals surface area (Å²) in [4.78, 5) is 12.9. The highest BCUT2D eigenvalue weighted by Crippen LogP contribution is 2.39. The van der Waals surface area contributed by atoms with Gasteiger partial charge in [-0.1, -0.05) is 54.1 Å². The molecular formula is C30H32Cl2F2O7. The summed E-state index contributed by atoms with van der Waals surface area (Å²) in [5, 5.41) is 0.577. The number of methoxy groups -OCH3 is 2. The van der Waals surface area contributed by atoms with Crippen LogP contribution in [-0.4, -0.2) is 33.6 Å². The Hall–Kier alpha value is -3.43. The van der Waals surface area contributed by atoms with Crippen molar-refractivity contribution in [3.8, 4) is 23.0 Å². The smallest absolute Gasteiger partial charge is 0.493 e. The maximum absolute atomic E-state index is 13.1. The fraction of sp³-hybridized carbons (Fsp3) is 0.367. The number of rotatable bonds is 15. The Kier molecular flexibility index (Phi) is 12.2. The van der Waals surface area contributed by atoms with Gasteiger partial charge in [0.15, 0.2) is 23.0 Å². The van der Waals surface area contributed by atoms with E-state index in [0.717, 1.165) is 12.8 Å². The minimum absolute atomic E-state index is 0.0244. The first-order valence-electron chi connectivity index (χ1n) is 12.8. The molecule has 0 aliphatic heterocycles. The molecule has 1 aliphatic carbocycles. The van der Waals surface area contributed by atoms with Gasteiger partial charge in [0.25, 0.3) is 0 Å². The van der Waals surface area contributed by atoms with Crippen LogP contribution in [-0.2, 0) is 16.1 Å². The molecule has 41 heavy (non-hydrogen) atoms. The first kappa shape index (κ1) is 32.1. The van der Waals surface area contributed by atoms with E-state index >= 15 is 0 Å². The molecule has 1 saturated carbocycles. The Morgan fingerprint density at radius 1 is 1.05 bits per heavy atom. The Morgan fingerprint density at radius 3 is 2.37 bits per heavy atom. The van der Waals surface area contributed by atoms with Crippen LogP contribution in [0.2, 0.25) is 0 Å². The second-order valence-electron chi connectivity index (χ2n) is 9.04. The van der Waals surface area contributed by atoms with Crippen LogP contribution in [0.3, 0.4) is 0 Å². The van der Waals surface area contributed by atoms with Gasteiger partial charge >= 0.3 is 12.8 Å². The Morgan fingerprint density at radius 2 is 1.76 bits per heavy atom. The number of hydrogen-bond donors (Lipinski definition) is 0. The van der Waals surface area contributed by atoms with Crippen LogP contribution in [0.15, 0.2) is 70.8 Å². The van der Waals surface area contributed by atoms with Gasteiger partial charge in [-0.15, -0.1) is 0 Å². The van der Waals surface area contributed by atoms with E-state index in [2.05, 4.69) is 11.3 Å². The van der Waals surface area contributed by atoms with Gasteiger partial charge in [0.1, 0.15) is 12.7 Å². The summed E-state index contributed by atoms with van der Waals surface area (Å²) < 4.78 is 58.2. The standard InChI is InChI=1S/C30H32Cl2F2O7/c1-5-22(31)21(23(32)6-2)15-26(41-30(35)39-17-19-9-11-24(36-3)27(13-19)37-4)20-10-12-25(40-29(33)34)28(14-20)38-16-18-7-8-18/h5-6,9-14,18,26,29H,1,7-8,15-17H2,2-4H3/b22-21+,23-6+/t26-/m0/s1. The molecule has 0 amide bonds. The van der Waals surface area contributed by atoms with Gasteiger partial charge in [0.2, 0.25) is 0 Å². The number of allylic oxidation sites excluding steroid dienone is 4. The summed E-state index contributed by atoms with van der Waals surface area (Å²) >= 11 is 12.8. The number of halogens is 4. The molecule has 0 spiro atoms. The minimum atomic E-state index is -3.04. The Balaban J connectivity index is 1.89. The van der Waals surface area contributed by atoms with Crippen molar-refractivity contribution >= 4 is 29.4 Å². The van der Waals surface area contributed by atoms with Gasteiger partial charge in [-0.3, -0.25) is 0 Å². The molecular weight excluding hydrogens is 581 g/mol.